The zero-order chi connectivity index (χ0) is 19.7. The van der Waals surface area contributed by atoms with Crippen molar-refractivity contribution in [3.05, 3.63) is 68.6 Å². The summed E-state index contributed by atoms with van der Waals surface area (Å²) < 4.78 is 26.6. The summed E-state index contributed by atoms with van der Waals surface area (Å²) in [4.78, 5) is 12.5. The molecule has 0 fully saturated rings. The van der Waals surface area contributed by atoms with E-state index in [2.05, 4.69) is 10.0 Å². The normalized spacial score (nSPS) is 15.5. The number of nitrogens with one attached hydrogen (secondary N) is 2. The van der Waals surface area contributed by atoms with Crippen molar-refractivity contribution >= 4 is 39.4 Å². The maximum atomic E-state index is 12.5. The number of rotatable bonds is 4. The van der Waals surface area contributed by atoms with Crippen LogP contribution in [-0.2, 0) is 35.7 Å². The maximum absolute atomic E-state index is 12.5. The summed E-state index contributed by atoms with van der Waals surface area (Å²) >= 11 is 6.58. The van der Waals surface area contributed by atoms with Gasteiger partial charge in [-0.2, -0.15) is 0 Å². The Bertz CT molecular complexity index is 1030. The van der Waals surface area contributed by atoms with Crippen LogP contribution >= 0.6 is 11.6 Å². The van der Waals surface area contributed by atoms with E-state index in [-0.39, 0.29) is 0 Å². The molecule has 5 nitrogen and oxygen atoms in total. The van der Waals surface area contributed by atoms with Gasteiger partial charge in [-0.15, -0.1) is 0 Å². The van der Waals surface area contributed by atoms with Gasteiger partial charge in [-0.25, -0.2) is 17.9 Å². The average molecular weight is 417 g/mol. The van der Waals surface area contributed by atoms with E-state index >= 15 is 0 Å². The Balaban J connectivity index is 1.54. The topological polar surface area (TPSA) is 75.3 Å². The first-order chi connectivity index (χ1) is 13.4. The summed E-state index contributed by atoms with van der Waals surface area (Å²) in [7, 11) is -3.90. The molecule has 0 aliphatic heterocycles. The smallest absolute Gasteiger partial charge is 0.307 e. The van der Waals surface area contributed by atoms with E-state index in [9.17, 15) is 13.2 Å². The van der Waals surface area contributed by atoms with Gasteiger partial charge in [0.25, 0.3) is 10.0 Å². The van der Waals surface area contributed by atoms with Crippen molar-refractivity contribution in [1.82, 2.24) is 4.72 Å². The molecule has 4 rings (SSSR count). The molecular weight excluding hydrogens is 396 g/mol. The van der Waals surface area contributed by atoms with Gasteiger partial charge < -0.3 is 5.32 Å². The number of hydrogen-bond donors (Lipinski definition) is 2. The molecule has 7 heteroatoms. The summed E-state index contributed by atoms with van der Waals surface area (Å²) in [5, 5.41) is 4.64. The molecule has 0 unspecified atom stereocenters. The van der Waals surface area contributed by atoms with Crippen molar-refractivity contribution in [3.63, 3.8) is 0 Å². The van der Waals surface area contributed by atoms with Gasteiger partial charge in [0, 0.05) is 10.7 Å². The van der Waals surface area contributed by atoms with Gasteiger partial charge in [0.05, 0.1) is 5.41 Å². The monoisotopic (exact) mass is 416 g/mol. The van der Waals surface area contributed by atoms with Crippen molar-refractivity contribution in [3.8, 4) is 0 Å². The van der Waals surface area contributed by atoms with Crippen LogP contribution in [0, 0.1) is 0 Å². The van der Waals surface area contributed by atoms with Crippen molar-refractivity contribution in [2.45, 2.75) is 38.5 Å². The van der Waals surface area contributed by atoms with Crippen LogP contribution in [0.3, 0.4) is 0 Å². The maximum Gasteiger partial charge on any atom is 0.333 e. The van der Waals surface area contributed by atoms with Crippen LogP contribution in [0.5, 0.6) is 0 Å². The molecule has 0 aromatic heterocycles. The standard InChI is InChI=1S/C21H21ClN2O3S/c22-19-15-8-4-10-17(15)20(18-11-5-9-16(18)19)23-21(25)24-28(26,27)13-12-14-6-2-1-3-7-14/h1-3,6-7,12-13H,4-5,8-11H2,(H2,23,24,25)/b13-12+. The number of carbonyl (C=O) groups is 1. The highest BCUT2D eigenvalue weighted by atomic mass is 35.5. The van der Waals surface area contributed by atoms with E-state index in [1.807, 2.05) is 18.2 Å². The highest BCUT2D eigenvalue weighted by Gasteiger charge is 2.29. The molecule has 2 N–H and O–H groups in total. The first-order valence-corrected chi connectivity index (χ1v) is 11.3. The van der Waals surface area contributed by atoms with E-state index in [4.69, 9.17) is 11.6 Å². The predicted octanol–water partition coefficient (Wildman–Crippen LogP) is 4.44. The Morgan fingerprint density at radius 1 is 0.929 bits per heavy atom. The first kappa shape index (κ1) is 19.0. The highest BCUT2D eigenvalue weighted by molar-refractivity contribution is 7.93. The molecule has 2 aliphatic rings. The molecule has 2 aromatic carbocycles. The molecule has 2 amide bonds. The quantitative estimate of drug-likeness (QED) is 0.773. The molecule has 146 valence electrons. The second-order valence-electron chi connectivity index (χ2n) is 7.12. The fourth-order valence-electron chi connectivity index (χ4n) is 4.07. The van der Waals surface area contributed by atoms with Crippen LogP contribution in [-0.4, -0.2) is 14.4 Å². The van der Waals surface area contributed by atoms with Crippen molar-refractivity contribution < 1.29 is 13.2 Å². The minimum Gasteiger partial charge on any atom is -0.307 e. The molecular formula is C21H21ClN2O3S. The molecule has 0 bridgehead atoms. The Morgan fingerprint density at radius 3 is 2.11 bits per heavy atom. The summed E-state index contributed by atoms with van der Waals surface area (Å²) in [5.74, 6) is 0. The van der Waals surface area contributed by atoms with Crippen LogP contribution in [0.2, 0.25) is 5.02 Å². The van der Waals surface area contributed by atoms with E-state index in [0.29, 0.717) is 0 Å². The Morgan fingerprint density at radius 2 is 1.50 bits per heavy atom. The van der Waals surface area contributed by atoms with Crippen LogP contribution < -0.4 is 10.0 Å². The van der Waals surface area contributed by atoms with Crippen LogP contribution in [0.1, 0.15) is 40.7 Å². The van der Waals surface area contributed by atoms with Gasteiger partial charge in [0.2, 0.25) is 0 Å². The van der Waals surface area contributed by atoms with E-state index in [0.717, 1.165) is 82.5 Å². The molecule has 0 heterocycles. The van der Waals surface area contributed by atoms with Gasteiger partial charge in [-0.05, 0) is 72.4 Å². The van der Waals surface area contributed by atoms with Crippen LogP contribution in [0.15, 0.2) is 35.7 Å². The number of urea groups is 1. The van der Waals surface area contributed by atoms with Crippen LogP contribution in [0.4, 0.5) is 10.5 Å². The lowest BCUT2D eigenvalue weighted by molar-refractivity contribution is 0.256. The third kappa shape index (κ3) is 3.80. The second kappa shape index (κ2) is 7.60. The molecule has 0 saturated heterocycles. The lowest BCUT2D eigenvalue weighted by Crippen LogP contribution is -2.33. The third-order valence-corrected chi connectivity index (χ3v) is 6.70. The number of benzene rings is 2. The minimum atomic E-state index is -3.90. The minimum absolute atomic E-state index is 0.738. The Labute approximate surface area is 169 Å². The predicted molar refractivity (Wildman–Crippen MR) is 112 cm³/mol. The number of carbonyl (C=O) groups excluding carboxylic acids is 1. The summed E-state index contributed by atoms with van der Waals surface area (Å²) in [6, 6.07) is 8.30. The third-order valence-electron chi connectivity index (χ3n) is 5.28. The number of fused-ring (bicyclic) bond motifs is 2. The summed E-state index contributed by atoms with van der Waals surface area (Å²) in [6.45, 7) is 0. The second-order valence-corrected chi connectivity index (χ2v) is 9.07. The average Bonchev–Trinajstić information content (AvgIpc) is 3.34. The van der Waals surface area contributed by atoms with Gasteiger partial charge in [0.1, 0.15) is 0 Å². The molecule has 2 aliphatic carbocycles. The van der Waals surface area contributed by atoms with Crippen molar-refractivity contribution in [2.75, 3.05) is 5.32 Å². The van der Waals surface area contributed by atoms with E-state index < -0.39 is 16.1 Å². The molecule has 0 radical (unpaired) electrons. The largest absolute Gasteiger partial charge is 0.333 e. The summed E-state index contributed by atoms with van der Waals surface area (Å²) in [6.07, 6.45) is 6.93. The zero-order valence-corrected chi connectivity index (χ0v) is 16.9. The summed E-state index contributed by atoms with van der Waals surface area (Å²) in [5.41, 5.74) is 5.80. The van der Waals surface area contributed by atoms with E-state index in [1.54, 1.807) is 12.1 Å². The molecule has 2 aromatic rings. The number of amides is 2. The molecule has 28 heavy (non-hydrogen) atoms. The van der Waals surface area contributed by atoms with Crippen molar-refractivity contribution in [2.24, 2.45) is 0 Å². The zero-order valence-electron chi connectivity index (χ0n) is 15.3. The molecule has 0 saturated carbocycles. The number of halogens is 1. The Hall–Kier alpha value is -2.31. The number of hydrogen-bond acceptors (Lipinski definition) is 3. The SMILES string of the molecule is O=C(Nc1c2c(c(Cl)c3c1CCC3)CCC2)NS(=O)(=O)/C=C/c1ccccc1. The van der Waals surface area contributed by atoms with E-state index in [1.165, 1.54) is 6.08 Å². The highest BCUT2D eigenvalue weighted by Crippen LogP contribution is 2.43. The van der Waals surface area contributed by atoms with Gasteiger partial charge in [-0.3, -0.25) is 0 Å². The molecule has 0 spiro atoms. The first-order valence-electron chi connectivity index (χ1n) is 9.36. The van der Waals surface area contributed by atoms with Gasteiger partial charge in [0.15, 0.2) is 0 Å². The fourth-order valence-corrected chi connectivity index (χ4v) is 5.20. The lowest BCUT2D eigenvalue weighted by atomic mass is 9.98. The lowest BCUT2D eigenvalue weighted by Gasteiger charge is -2.18. The number of anilines is 1. The van der Waals surface area contributed by atoms with Gasteiger partial charge >= 0.3 is 6.03 Å². The van der Waals surface area contributed by atoms with Crippen LogP contribution in [0.25, 0.3) is 6.08 Å². The number of sulfonamides is 1. The van der Waals surface area contributed by atoms with Crippen molar-refractivity contribution in [1.29, 1.82) is 0 Å². The fraction of sp³-hybridized carbons (Fsp3) is 0.286. The van der Waals surface area contributed by atoms with Gasteiger partial charge in [-0.1, -0.05) is 41.9 Å². The molecule has 0 atom stereocenters. The Kier molecular flexibility index (Phi) is 5.17.